The average molecular weight is 321 g/mol. The molecule has 0 unspecified atom stereocenters. The molecule has 6 nitrogen and oxygen atoms in total. The number of rotatable bonds is 4. The van der Waals surface area contributed by atoms with E-state index in [1.54, 1.807) is 0 Å². The Kier molecular flexibility index (Phi) is 4.60. The lowest BCUT2D eigenvalue weighted by Crippen LogP contribution is -2.47. The van der Waals surface area contributed by atoms with Crippen LogP contribution in [0, 0.1) is 11.3 Å². The van der Waals surface area contributed by atoms with Crippen molar-refractivity contribution in [2.75, 3.05) is 32.7 Å². The molecule has 1 aliphatic carbocycles. The van der Waals surface area contributed by atoms with Gasteiger partial charge in [0.2, 0.25) is 17.7 Å². The molecular formula is C17H27N3O3. The first-order valence-electron chi connectivity index (χ1n) is 8.77. The molecule has 128 valence electrons. The second-order valence-corrected chi connectivity index (χ2v) is 7.54. The van der Waals surface area contributed by atoms with Crippen LogP contribution in [0.4, 0.5) is 0 Å². The van der Waals surface area contributed by atoms with Gasteiger partial charge in [-0.25, -0.2) is 0 Å². The highest BCUT2D eigenvalue weighted by atomic mass is 16.2. The van der Waals surface area contributed by atoms with Crippen LogP contribution in [0.5, 0.6) is 0 Å². The summed E-state index contributed by atoms with van der Waals surface area (Å²) in [5, 5.41) is 2.56. The van der Waals surface area contributed by atoms with E-state index in [0.29, 0.717) is 31.3 Å². The zero-order valence-corrected chi connectivity index (χ0v) is 14.0. The minimum atomic E-state index is -0.181. The Morgan fingerprint density at radius 1 is 1.26 bits per heavy atom. The molecule has 0 bridgehead atoms. The second kappa shape index (κ2) is 6.49. The number of nitrogens with one attached hydrogen (secondary N) is 1. The van der Waals surface area contributed by atoms with Crippen LogP contribution in [-0.4, -0.2) is 60.2 Å². The summed E-state index contributed by atoms with van der Waals surface area (Å²) < 4.78 is 0. The summed E-state index contributed by atoms with van der Waals surface area (Å²) in [6, 6.07) is 0. The van der Waals surface area contributed by atoms with Gasteiger partial charge in [-0.2, -0.15) is 0 Å². The zero-order valence-electron chi connectivity index (χ0n) is 14.0. The lowest BCUT2D eigenvalue weighted by atomic mass is 9.77. The van der Waals surface area contributed by atoms with E-state index in [1.807, 2.05) is 4.90 Å². The summed E-state index contributed by atoms with van der Waals surface area (Å²) >= 11 is 0. The van der Waals surface area contributed by atoms with Crippen LogP contribution < -0.4 is 5.32 Å². The minimum Gasteiger partial charge on any atom is -0.347 e. The summed E-state index contributed by atoms with van der Waals surface area (Å²) in [7, 11) is 0. The molecule has 1 spiro atoms. The molecule has 6 heteroatoms. The van der Waals surface area contributed by atoms with Crippen molar-refractivity contribution in [3.8, 4) is 0 Å². The Bertz CT molecular complexity index is 493. The summed E-state index contributed by atoms with van der Waals surface area (Å²) in [6.45, 7) is 4.70. The average Bonchev–Trinajstić information content (AvgIpc) is 2.77. The van der Waals surface area contributed by atoms with E-state index in [-0.39, 0.29) is 23.8 Å². The van der Waals surface area contributed by atoms with Crippen molar-refractivity contribution in [2.24, 2.45) is 11.3 Å². The summed E-state index contributed by atoms with van der Waals surface area (Å²) in [5.74, 6) is 0.814. The number of amides is 3. The van der Waals surface area contributed by atoms with Crippen LogP contribution in [-0.2, 0) is 14.4 Å². The molecule has 0 aromatic rings. The van der Waals surface area contributed by atoms with Crippen molar-refractivity contribution in [3.63, 3.8) is 0 Å². The topological polar surface area (TPSA) is 69.7 Å². The van der Waals surface area contributed by atoms with E-state index in [4.69, 9.17) is 0 Å². The number of hydrogen-bond donors (Lipinski definition) is 1. The summed E-state index contributed by atoms with van der Waals surface area (Å²) in [6.07, 6.45) is 6.28. The van der Waals surface area contributed by atoms with Crippen molar-refractivity contribution >= 4 is 17.7 Å². The van der Waals surface area contributed by atoms with Crippen molar-refractivity contribution in [3.05, 3.63) is 0 Å². The lowest BCUT2D eigenvalue weighted by Gasteiger charge is -2.39. The smallest absolute Gasteiger partial charge is 0.241 e. The summed E-state index contributed by atoms with van der Waals surface area (Å²) in [4.78, 5) is 39.2. The maximum atomic E-state index is 12.3. The van der Waals surface area contributed by atoms with Crippen molar-refractivity contribution < 1.29 is 14.4 Å². The Morgan fingerprint density at radius 2 is 1.96 bits per heavy atom. The third-order valence-electron chi connectivity index (χ3n) is 5.77. The lowest BCUT2D eigenvalue weighted by molar-refractivity contribution is -0.134. The third kappa shape index (κ3) is 3.67. The van der Waals surface area contributed by atoms with Gasteiger partial charge in [0.05, 0.1) is 6.54 Å². The number of likely N-dealkylation sites (tertiary alicyclic amines) is 2. The minimum absolute atomic E-state index is 0.0225. The monoisotopic (exact) mass is 321 g/mol. The number of hydrogen-bond acceptors (Lipinski definition) is 3. The molecule has 0 aromatic heterocycles. The van der Waals surface area contributed by atoms with Gasteiger partial charge in [-0.1, -0.05) is 6.42 Å². The van der Waals surface area contributed by atoms with Crippen LogP contribution in [0.15, 0.2) is 0 Å². The molecule has 2 aliphatic heterocycles. The van der Waals surface area contributed by atoms with E-state index >= 15 is 0 Å². The standard InChI is InChI=1S/C17H27N3O3/c1-13(21)18-10-16(23)19-7-5-17(6-8-19)9-15(22)20(12-17)11-14-3-2-4-14/h14H,2-12H2,1H3,(H,18,21). The Balaban J connectivity index is 1.49. The van der Waals surface area contributed by atoms with Gasteiger partial charge in [-0.15, -0.1) is 0 Å². The van der Waals surface area contributed by atoms with Gasteiger partial charge in [0, 0.05) is 44.9 Å². The van der Waals surface area contributed by atoms with E-state index in [2.05, 4.69) is 10.2 Å². The maximum absolute atomic E-state index is 12.3. The second-order valence-electron chi connectivity index (χ2n) is 7.54. The fourth-order valence-corrected chi connectivity index (χ4v) is 4.01. The molecule has 3 amide bonds. The molecule has 1 N–H and O–H groups in total. The van der Waals surface area contributed by atoms with Gasteiger partial charge < -0.3 is 15.1 Å². The zero-order chi connectivity index (χ0) is 16.4. The first kappa shape index (κ1) is 16.3. The molecule has 0 radical (unpaired) electrons. The number of carbonyl (C=O) groups excluding carboxylic acids is 3. The largest absolute Gasteiger partial charge is 0.347 e. The molecule has 3 fully saturated rings. The highest BCUT2D eigenvalue weighted by Gasteiger charge is 2.45. The molecule has 3 rings (SSSR count). The predicted molar refractivity (Wildman–Crippen MR) is 85.5 cm³/mol. The van der Waals surface area contributed by atoms with Crippen LogP contribution in [0.25, 0.3) is 0 Å². The highest BCUT2D eigenvalue weighted by molar-refractivity contribution is 5.84. The van der Waals surface area contributed by atoms with Crippen molar-refractivity contribution in [1.82, 2.24) is 15.1 Å². The summed E-state index contributed by atoms with van der Waals surface area (Å²) in [5.41, 5.74) is 0.0750. The Hall–Kier alpha value is -1.59. The van der Waals surface area contributed by atoms with Crippen molar-refractivity contribution in [1.29, 1.82) is 0 Å². The normalized spacial score (nSPS) is 24.0. The number of piperidine rings is 1. The van der Waals surface area contributed by atoms with Crippen LogP contribution in [0.3, 0.4) is 0 Å². The molecule has 3 aliphatic rings. The van der Waals surface area contributed by atoms with E-state index in [1.165, 1.54) is 26.2 Å². The maximum Gasteiger partial charge on any atom is 0.241 e. The van der Waals surface area contributed by atoms with Gasteiger partial charge in [-0.3, -0.25) is 14.4 Å². The van der Waals surface area contributed by atoms with Crippen molar-refractivity contribution in [2.45, 2.75) is 45.4 Å². The fourth-order valence-electron chi connectivity index (χ4n) is 4.01. The first-order valence-corrected chi connectivity index (χ1v) is 8.77. The van der Waals surface area contributed by atoms with E-state index < -0.39 is 0 Å². The molecule has 2 saturated heterocycles. The van der Waals surface area contributed by atoms with E-state index in [0.717, 1.165) is 25.9 Å². The Labute approximate surface area is 137 Å². The van der Waals surface area contributed by atoms with Crippen LogP contribution in [0.1, 0.15) is 45.4 Å². The molecule has 2 heterocycles. The molecule has 0 aromatic carbocycles. The molecule has 0 atom stereocenters. The van der Waals surface area contributed by atoms with Gasteiger partial charge in [0.1, 0.15) is 0 Å². The van der Waals surface area contributed by atoms with Crippen LogP contribution >= 0.6 is 0 Å². The van der Waals surface area contributed by atoms with Crippen LogP contribution in [0.2, 0.25) is 0 Å². The van der Waals surface area contributed by atoms with Gasteiger partial charge in [0.15, 0.2) is 0 Å². The SMILES string of the molecule is CC(=O)NCC(=O)N1CCC2(CC1)CC(=O)N(CC1CCC1)C2. The van der Waals surface area contributed by atoms with Gasteiger partial charge in [-0.05, 0) is 31.6 Å². The van der Waals surface area contributed by atoms with Gasteiger partial charge in [0.25, 0.3) is 0 Å². The highest BCUT2D eigenvalue weighted by Crippen LogP contribution is 2.42. The quantitative estimate of drug-likeness (QED) is 0.831. The molecule has 1 saturated carbocycles. The molecule has 23 heavy (non-hydrogen) atoms. The first-order chi connectivity index (χ1) is 11.0. The number of nitrogens with zero attached hydrogens (tertiary/aromatic N) is 2. The van der Waals surface area contributed by atoms with E-state index in [9.17, 15) is 14.4 Å². The Morgan fingerprint density at radius 3 is 2.52 bits per heavy atom. The van der Waals surface area contributed by atoms with Gasteiger partial charge >= 0.3 is 0 Å². The third-order valence-corrected chi connectivity index (χ3v) is 5.77. The molecular weight excluding hydrogens is 294 g/mol. The fraction of sp³-hybridized carbons (Fsp3) is 0.824. The predicted octanol–water partition coefficient (Wildman–Crippen LogP) is 0.764. The number of carbonyl (C=O) groups is 3.